The number of thioether (sulfide) groups is 1. The predicted octanol–water partition coefficient (Wildman–Crippen LogP) is 9.40. The second kappa shape index (κ2) is 11.5. The fourth-order valence-corrected chi connectivity index (χ4v) is 8.84. The molecule has 2 N–H and O–H groups in total. The van der Waals surface area contributed by atoms with Crippen LogP contribution in [0.3, 0.4) is 0 Å². The van der Waals surface area contributed by atoms with E-state index in [0.717, 1.165) is 23.5 Å². The van der Waals surface area contributed by atoms with Crippen LogP contribution in [0, 0.1) is 5.92 Å². The van der Waals surface area contributed by atoms with Crippen LogP contribution in [0.1, 0.15) is 28.5 Å². The first-order valence-electron chi connectivity index (χ1n) is 17.0. The van der Waals surface area contributed by atoms with Gasteiger partial charge >= 0.3 is 0 Å². The van der Waals surface area contributed by atoms with E-state index in [0.29, 0.717) is 0 Å². The number of nitrogens with zero attached hydrogens (tertiary/aromatic N) is 1. The fourth-order valence-electron chi connectivity index (χ4n) is 7.69. The molecular weight excluding hydrogens is 615 g/mol. The van der Waals surface area contributed by atoms with Gasteiger partial charge in [-0.25, -0.2) is 0 Å². The van der Waals surface area contributed by atoms with Gasteiger partial charge in [-0.05, 0) is 79.2 Å². The highest BCUT2D eigenvalue weighted by atomic mass is 32.2. The van der Waals surface area contributed by atoms with Crippen molar-refractivity contribution in [1.29, 1.82) is 0 Å². The third kappa shape index (κ3) is 5.03. The molecule has 7 aromatic carbocycles. The highest BCUT2D eigenvalue weighted by molar-refractivity contribution is 8.00. The lowest BCUT2D eigenvalue weighted by Crippen LogP contribution is -2.35. The van der Waals surface area contributed by atoms with Gasteiger partial charge < -0.3 is 10.6 Å². The van der Waals surface area contributed by atoms with Crippen molar-refractivity contribution >= 4 is 73.5 Å². The van der Waals surface area contributed by atoms with E-state index in [2.05, 4.69) is 168 Å². The van der Waals surface area contributed by atoms with Crippen LogP contribution in [0.4, 0.5) is 5.69 Å². The maximum absolute atomic E-state index is 5.42. The van der Waals surface area contributed by atoms with Gasteiger partial charge in [-0.15, -0.1) is 0 Å². The van der Waals surface area contributed by atoms with Crippen LogP contribution < -0.4 is 21.1 Å². The van der Waals surface area contributed by atoms with Crippen LogP contribution in [0.2, 0.25) is 0 Å². The van der Waals surface area contributed by atoms with E-state index < -0.39 is 0 Å². The molecule has 1 aliphatic carbocycles. The third-order valence-electron chi connectivity index (χ3n) is 10.2. The maximum atomic E-state index is 5.42. The van der Waals surface area contributed by atoms with Gasteiger partial charge in [-0.1, -0.05) is 145 Å². The molecule has 3 nitrogen and oxygen atoms in total. The predicted molar refractivity (Wildman–Crippen MR) is 208 cm³/mol. The van der Waals surface area contributed by atoms with E-state index in [9.17, 15) is 0 Å². The molecule has 0 bridgehead atoms. The van der Waals surface area contributed by atoms with Gasteiger partial charge in [-0.2, -0.15) is 0 Å². The van der Waals surface area contributed by atoms with E-state index >= 15 is 0 Å². The molecule has 0 spiro atoms. The topological polar surface area (TPSA) is 36.4 Å². The van der Waals surface area contributed by atoms with Crippen molar-refractivity contribution in [3.63, 3.8) is 0 Å². The average Bonchev–Trinajstić information content (AvgIpc) is 3.62. The standard InChI is InChI=1S/C45H33N3S/c1-2-10-31(11-3-1)45-48-43-41(49-45)23-21-30-16-17-34-26-37(20-22-38(34)42(30)43)44-46-39(35-18-14-28-8-4-6-12-32(28)24-35)27-40(47-44)36-19-15-29-9-5-7-13-33(29)25-36/h1-18,20-27,36,40,45,48H,19H2,(H,46,47). The van der Waals surface area contributed by atoms with Crippen LogP contribution in [0.25, 0.3) is 50.2 Å². The Morgan fingerprint density at radius 2 is 1.35 bits per heavy atom. The Balaban J connectivity index is 1.06. The average molecular weight is 648 g/mol. The summed E-state index contributed by atoms with van der Waals surface area (Å²) >= 11 is 1.89. The monoisotopic (exact) mass is 647 g/mol. The number of hydrogen-bond acceptors (Lipinski definition) is 4. The van der Waals surface area contributed by atoms with Crippen molar-refractivity contribution in [3.8, 4) is 0 Å². The van der Waals surface area contributed by atoms with Crippen LogP contribution >= 0.6 is 11.8 Å². The zero-order valence-electron chi connectivity index (χ0n) is 26.8. The summed E-state index contributed by atoms with van der Waals surface area (Å²) in [7, 11) is 0. The summed E-state index contributed by atoms with van der Waals surface area (Å²) in [6.07, 6.45) is 8.08. The minimum Gasteiger partial charge on any atom is -0.368 e. The Bertz CT molecular complexity index is 2640. The molecule has 7 aromatic rings. The number of amidine groups is 1. The molecule has 10 rings (SSSR count). The maximum Gasteiger partial charge on any atom is 0.133 e. The summed E-state index contributed by atoms with van der Waals surface area (Å²) in [4.78, 5) is 6.72. The number of hydrogen-bond donors (Lipinski definition) is 2. The van der Waals surface area contributed by atoms with Crippen LogP contribution in [0.15, 0.2) is 155 Å². The largest absolute Gasteiger partial charge is 0.368 e. The molecule has 2 heterocycles. The van der Waals surface area contributed by atoms with Crippen LogP contribution in [0.5, 0.6) is 0 Å². The molecule has 234 valence electrons. The normalized spacial score (nSPS) is 19.6. The van der Waals surface area contributed by atoms with Crippen LogP contribution in [-0.4, -0.2) is 11.9 Å². The molecule has 0 amide bonds. The van der Waals surface area contributed by atoms with E-state index in [1.807, 2.05) is 11.8 Å². The number of rotatable bonds is 4. The second-order valence-corrected chi connectivity index (χ2v) is 14.4. The van der Waals surface area contributed by atoms with E-state index in [4.69, 9.17) is 4.99 Å². The SMILES string of the molecule is C1=C(c2ccc3ccccc3c2)NC(c2ccc3c(ccc4ccc5c(c43)NC(c3ccccc3)S5)c2)=NC1C1C=c2ccccc2=CC1. The van der Waals surface area contributed by atoms with Crippen molar-refractivity contribution in [2.75, 3.05) is 5.32 Å². The number of fused-ring (bicyclic) bond motifs is 7. The Labute approximate surface area is 289 Å². The zero-order valence-corrected chi connectivity index (χ0v) is 27.6. The zero-order chi connectivity index (χ0) is 32.3. The summed E-state index contributed by atoms with van der Waals surface area (Å²) in [6, 6.07) is 50.6. The Hall–Kier alpha value is -5.58. The molecule has 3 atom stereocenters. The van der Waals surface area contributed by atoms with Crippen LogP contribution in [-0.2, 0) is 0 Å². The lowest BCUT2D eigenvalue weighted by atomic mass is 9.88. The third-order valence-corrected chi connectivity index (χ3v) is 11.4. The summed E-state index contributed by atoms with van der Waals surface area (Å²) in [5, 5.41) is 17.9. The van der Waals surface area contributed by atoms with Gasteiger partial charge in [0.05, 0.1) is 11.7 Å². The number of aliphatic imine (C=N–C) groups is 1. The fraction of sp³-hybridized carbons (Fsp3) is 0.0889. The number of anilines is 1. The van der Waals surface area contributed by atoms with Crippen molar-refractivity contribution in [2.24, 2.45) is 10.9 Å². The highest BCUT2D eigenvalue weighted by Crippen LogP contribution is 2.50. The van der Waals surface area contributed by atoms with Gasteiger partial charge in [0.1, 0.15) is 11.2 Å². The number of benzene rings is 7. The van der Waals surface area contributed by atoms with E-state index in [-0.39, 0.29) is 17.3 Å². The van der Waals surface area contributed by atoms with Crippen molar-refractivity contribution in [1.82, 2.24) is 5.32 Å². The minimum atomic E-state index is 0.00837. The molecule has 0 saturated carbocycles. The summed E-state index contributed by atoms with van der Waals surface area (Å²) in [6.45, 7) is 0. The second-order valence-electron chi connectivity index (χ2n) is 13.2. The molecule has 49 heavy (non-hydrogen) atoms. The van der Waals surface area contributed by atoms with Gasteiger partial charge in [0.25, 0.3) is 0 Å². The first-order valence-corrected chi connectivity index (χ1v) is 17.9. The smallest absolute Gasteiger partial charge is 0.133 e. The van der Waals surface area contributed by atoms with Crippen molar-refractivity contribution in [3.05, 3.63) is 173 Å². The molecule has 2 aliphatic heterocycles. The Kier molecular flexibility index (Phi) is 6.70. The number of nitrogens with one attached hydrogen (secondary N) is 2. The summed E-state index contributed by atoms with van der Waals surface area (Å²) in [5.41, 5.74) is 5.91. The molecule has 0 radical (unpaired) electrons. The summed E-state index contributed by atoms with van der Waals surface area (Å²) in [5.74, 6) is 1.19. The van der Waals surface area contributed by atoms with Gasteiger partial charge in [-0.3, -0.25) is 4.99 Å². The van der Waals surface area contributed by atoms with Crippen molar-refractivity contribution < 1.29 is 0 Å². The first kappa shape index (κ1) is 28.4. The Morgan fingerprint density at radius 1 is 0.612 bits per heavy atom. The first-order chi connectivity index (χ1) is 24.2. The molecule has 4 heteroatoms. The molecule has 3 aliphatic rings. The molecule has 0 fully saturated rings. The van der Waals surface area contributed by atoms with Gasteiger partial charge in [0.2, 0.25) is 0 Å². The lowest BCUT2D eigenvalue weighted by Gasteiger charge is -2.27. The van der Waals surface area contributed by atoms with Gasteiger partial charge in [0.15, 0.2) is 0 Å². The lowest BCUT2D eigenvalue weighted by molar-refractivity contribution is 0.616. The summed E-state index contributed by atoms with van der Waals surface area (Å²) < 4.78 is 0. The van der Waals surface area contributed by atoms with Crippen molar-refractivity contribution in [2.45, 2.75) is 22.7 Å². The van der Waals surface area contributed by atoms with E-state index in [1.54, 1.807) is 0 Å². The quantitative estimate of drug-likeness (QED) is 0.187. The molecule has 0 saturated heterocycles. The van der Waals surface area contributed by atoms with E-state index in [1.165, 1.54) is 64.5 Å². The minimum absolute atomic E-state index is 0.00837. The molecule has 3 unspecified atom stereocenters. The van der Waals surface area contributed by atoms with Gasteiger partial charge in [0, 0.05) is 27.5 Å². The highest BCUT2D eigenvalue weighted by Gasteiger charge is 2.27. The molecular formula is C45H33N3S. The molecule has 0 aromatic heterocycles. The Morgan fingerprint density at radius 3 is 2.27 bits per heavy atom.